The Morgan fingerprint density at radius 3 is 1.89 bits per heavy atom. The van der Waals surface area contributed by atoms with E-state index in [1.165, 1.54) is 12.2 Å². The number of carbonyl (C=O) groups excluding carboxylic acids is 2. The first-order valence-electron chi connectivity index (χ1n) is 6.43. The minimum atomic E-state index is 0.0139. The molecule has 0 N–H and O–H groups in total. The number of likely N-dealkylation sites (tertiary alicyclic amines) is 1. The second-order valence-corrected chi connectivity index (χ2v) is 3.95. The Morgan fingerprint density at radius 1 is 1.11 bits per heavy atom. The van der Waals surface area contributed by atoms with Crippen LogP contribution in [0.15, 0.2) is 25.3 Å². The third-order valence-electron chi connectivity index (χ3n) is 2.84. The molecule has 0 saturated carbocycles. The van der Waals surface area contributed by atoms with Crippen molar-refractivity contribution in [3.8, 4) is 0 Å². The molecule has 1 rings (SSSR count). The molecule has 0 unspecified atom stereocenters. The summed E-state index contributed by atoms with van der Waals surface area (Å²) in [6.45, 7) is 14.1. The summed E-state index contributed by atoms with van der Waals surface area (Å²) in [6.07, 6.45) is 5.03. The lowest BCUT2D eigenvalue weighted by Crippen LogP contribution is -2.28. The molecule has 0 aromatic heterocycles. The lowest BCUT2D eigenvalue weighted by atomic mass is 10.4. The average Bonchev–Trinajstić information content (AvgIpc) is 2.93. The van der Waals surface area contributed by atoms with Crippen LogP contribution in [0.5, 0.6) is 0 Å². The van der Waals surface area contributed by atoms with Gasteiger partial charge in [-0.3, -0.25) is 9.59 Å². The van der Waals surface area contributed by atoms with E-state index in [1.54, 1.807) is 4.90 Å². The van der Waals surface area contributed by atoms with E-state index < -0.39 is 0 Å². The summed E-state index contributed by atoms with van der Waals surface area (Å²) in [5.41, 5.74) is 0. The zero-order valence-corrected chi connectivity index (χ0v) is 11.5. The molecule has 0 aromatic carbocycles. The van der Waals surface area contributed by atoms with Gasteiger partial charge in [0.15, 0.2) is 0 Å². The van der Waals surface area contributed by atoms with Gasteiger partial charge in [-0.15, -0.1) is 0 Å². The molecule has 1 aliphatic heterocycles. The van der Waals surface area contributed by atoms with E-state index in [-0.39, 0.29) is 11.8 Å². The molecule has 0 radical (unpaired) electrons. The van der Waals surface area contributed by atoms with Gasteiger partial charge in [0.05, 0.1) is 0 Å². The van der Waals surface area contributed by atoms with Crippen molar-refractivity contribution in [1.29, 1.82) is 0 Å². The predicted octanol–water partition coefficient (Wildman–Crippen LogP) is 1.84. The fourth-order valence-electron chi connectivity index (χ4n) is 1.73. The van der Waals surface area contributed by atoms with Crippen LogP contribution in [0.3, 0.4) is 0 Å². The minimum absolute atomic E-state index is 0.0139. The van der Waals surface area contributed by atoms with Gasteiger partial charge in [0.2, 0.25) is 11.8 Å². The first kappa shape index (κ1) is 16.4. The van der Waals surface area contributed by atoms with E-state index >= 15 is 0 Å². The standard InChI is InChI=1S/C7H11NO.C7H13NO/c1-2-7(9)8-5-3-4-6-8;1-4-7(9)8(5-2)6-3/h2H,1,3-6H2;4H,1,5-6H2,2-3H3. The smallest absolute Gasteiger partial charge is 0.245 e. The maximum atomic E-state index is 10.8. The SMILES string of the molecule is C=CC(=O)N(CC)CC.C=CC(=O)N1CCCC1. The molecule has 4 heteroatoms. The van der Waals surface area contributed by atoms with Crippen LogP contribution in [-0.2, 0) is 9.59 Å². The van der Waals surface area contributed by atoms with Crippen molar-refractivity contribution in [3.05, 3.63) is 25.3 Å². The summed E-state index contributed by atoms with van der Waals surface area (Å²) >= 11 is 0. The number of hydrogen-bond donors (Lipinski definition) is 0. The number of carbonyl (C=O) groups is 2. The summed E-state index contributed by atoms with van der Waals surface area (Å²) in [6, 6.07) is 0. The molecular formula is C14H24N2O2. The molecule has 1 aliphatic rings. The fraction of sp³-hybridized carbons (Fsp3) is 0.571. The molecule has 0 bridgehead atoms. The molecule has 1 fully saturated rings. The van der Waals surface area contributed by atoms with Gasteiger partial charge in [-0.05, 0) is 38.8 Å². The van der Waals surface area contributed by atoms with Crippen LogP contribution in [0.4, 0.5) is 0 Å². The van der Waals surface area contributed by atoms with Crippen molar-refractivity contribution in [2.24, 2.45) is 0 Å². The maximum absolute atomic E-state index is 10.8. The molecule has 0 atom stereocenters. The fourth-order valence-corrected chi connectivity index (χ4v) is 1.73. The van der Waals surface area contributed by atoms with Crippen molar-refractivity contribution in [2.75, 3.05) is 26.2 Å². The number of rotatable bonds is 4. The van der Waals surface area contributed by atoms with Crippen molar-refractivity contribution in [2.45, 2.75) is 26.7 Å². The summed E-state index contributed by atoms with van der Waals surface area (Å²) < 4.78 is 0. The van der Waals surface area contributed by atoms with E-state index in [0.717, 1.165) is 39.0 Å². The molecule has 0 aromatic rings. The van der Waals surface area contributed by atoms with Crippen LogP contribution in [-0.4, -0.2) is 47.8 Å². The van der Waals surface area contributed by atoms with E-state index in [4.69, 9.17) is 0 Å². The maximum Gasteiger partial charge on any atom is 0.245 e. The quantitative estimate of drug-likeness (QED) is 0.716. The summed E-state index contributed by atoms with van der Waals surface area (Å²) in [5.74, 6) is 0.0903. The predicted molar refractivity (Wildman–Crippen MR) is 74.1 cm³/mol. The van der Waals surface area contributed by atoms with Gasteiger partial charge in [-0.1, -0.05) is 13.2 Å². The normalized spacial score (nSPS) is 13.3. The third-order valence-corrected chi connectivity index (χ3v) is 2.84. The largest absolute Gasteiger partial charge is 0.340 e. The summed E-state index contributed by atoms with van der Waals surface area (Å²) in [4.78, 5) is 25.1. The lowest BCUT2D eigenvalue weighted by molar-refractivity contribution is -0.126. The third kappa shape index (κ3) is 5.66. The van der Waals surface area contributed by atoms with E-state index in [9.17, 15) is 9.59 Å². The molecule has 0 spiro atoms. The van der Waals surface area contributed by atoms with E-state index in [0.29, 0.717) is 0 Å². The monoisotopic (exact) mass is 252 g/mol. The highest BCUT2D eigenvalue weighted by Gasteiger charge is 2.13. The van der Waals surface area contributed by atoms with Crippen molar-refractivity contribution in [1.82, 2.24) is 9.80 Å². The number of amides is 2. The summed E-state index contributed by atoms with van der Waals surface area (Å²) in [7, 11) is 0. The van der Waals surface area contributed by atoms with Gasteiger partial charge < -0.3 is 9.80 Å². The summed E-state index contributed by atoms with van der Waals surface area (Å²) in [5, 5.41) is 0. The van der Waals surface area contributed by atoms with Crippen LogP contribution in [0.2, 0.25) is 0 Å². The van der Waals surface area contributed by atoms with Gasteiger partial charge >= 0.3 is 0 Å². The zero-order valence-electron chi connectivity index (χ0n) is 11.5. The Balaban J connectivity index is 0.000000321. The molecule has 4 nitrogen and oxygen atoms in total. The molecule has 1 saturated heterocycles. The van der Waals surface area contributed by atoms with Crippen molar-refractivity contribution < 1.29 is 9.59 Å². The van der Waals surface area contributed by atoms with Gasteiger partial charge in [0.1, 0.15) is 0 Å². The van der Waals surface area contributed by atoms with Crippen LogP contribution >= 0.6 is 0 Å². The van der Waals surface area contributed by atoms with E-state index in [1.807, 2.05) is 18.7 Å². The number of hydrogen-bond acceptors (Lipinski definition) is 2. The Labute approximate surface area is 110 Å². The second-order valence-electron chi connectivity index (χ2n) is 3.95. The van der Waals surface area contributed by atoms with Crippen LogP contribution < -0.4 is 0 Å². The number of likely N-dealkylation sites (N-methyl/N-ethyl adjacent to an activating group) is 1. The van der Waals surface area contributed by atoms with Crippen LogP contribution in [0.1, 0.15) is 26.7 Å². The highest BCUT2D eigenvalue weighted by molar-refractivity contribution is 5.87. The first-order valence-corrected chi connectivity index (χ1v) is 6.43. The second kappa shape index (κ2) is 9.45. The highest BCUT2D eigenvalue weighted by Crippen LogP contribution is 2.06. The Morgan fingerprint density at radius 2 is 1.61 bits per heavy atom. The molecule has 102 valence electrons. The van der Waals surface area contributed by atoms with Gasteiger partial charge in [-0.2, -0.15) is 0 Å². The van der Waals surface area contributed by atoms with Crippen molar-refractivity contribution in [3.63, 3.8) is 0 Å². The molecule has 2 amide bonds. The van der Waals surface area contributed by atoms with Gasteiger partial charge in [0, 0.05) is 26.2 Å². The Bertz CT molecular complexity index is 272. The van der Waals surface area contributed by atoms with Crippen LogP contribution in [0, 0.1) is 0 Å². The van der Waals surface area contributed by atoms with Crippen LogP contribution in [0.25, 0.3) is 0 Å². The Hall–Kier alpha value is -1.58. The topological polar surface area (TPSA) is 40.6 Å². The number of nitrogens with zero attached hydrogens (tertiary/aromatic N) is 2. The minimum Gasteiger partial charge on any atom is -0.340 e. The van der Waals surface area contributed by atoms with Crippen molar-refractivity contribution >= 4 is 11.8 Å². The molecule has 0 aliphatic carbocycles. The zero-order chi connectivity index (χ0) is 14.0. The van der Waals surface area contributed by atoms with Gasteiger partial charge in [-0.25, -0.2) is 0 Å². The Kier molecular flexibility index (Phi) is 8.62. The molecular weight excluding hydrogens is 228 g/mol. The first-order chi connectivity index (χ1) is 8.60. The van der Waals surface area contributed by atoms with E-state index in [2.05, 4.69) is 13.2 Å². The molecule has 1 heterocycles. The van der Waals surface area contributed by atoms with Gasteiger partial charge in [0.25, 0.3) is 0 Å². The highest BCUT2D eigenvalue weighted by atomic mass is 16.2. The lowest BCUT2D eigenvalue weighted by Gasteiger charge is -2.15. The molecule has 18 heavy (non-hydrogen) atoms. The average molecular weight is 252 g/mol.